The van der Waals surface area contributed by atoms with Crippen molar-refractivity contribution in [1.29, 1.82) is 0 Å². The molecule has 0 atom stereocenters. The molecule has 0 aliphatic rings. The van der Waals surface area contributed by atoms with Gasteiger partial charge in [-0.05, 0) is 43.2 Å². The lowest BCUT2D eigenvalue weighted by molar-refractivity contribution is 0.102. The van der Waals surface area contributed by atoms with Crippen molar-refractivity contribution >= 4 is 23.2 Å². The summed E-state index contributed by atoms with van der Waals surface area (Å²) in [4.78, 5) is 21.5. The third-order valence-electron chi connectivity index (χ3n) is 4.09. The van der Waals surface area contributed by atoms with Gasteiger partial charge in [-0.1, -0.05) is 37.3 Å². The lowest BCUT2D eigenvalue weighted by Gasteiger charge is -2.12. The Morgan fingerprint density at radius 3 is 2.48 bits per heavy atom. The van der Waals surface area contributed by atoms with Gasteiger partial charge in [-0.15, -0.1) is 0 Å². The van der Waals surface area contributed by atoms with E-state index in [-0.39, 0.29) is 11.6 Å². The monoisotopic (exact) mass is 362 g/mol. The van der Waals surface area contributed by atoms with Gasteiger partial charge in [0.1, 0.15) is 11.4 Å². The number of nitrogens with one attached hydrogen (secondary N) is 2. The fourth-order valence-corrected chi connectivity index (χ4v) is 2.75. The average molecular weight is 362 g/mol. The summed E-state index contributed by atoms with van der Waals surface area (Å²) in [6.45, 7) is 3.92. The van der Waals surface area contributed by atoms with Crippen molar-refractivity contribution in [3.8, 4) is 5.75 Å². The molecular weight excluding hydrogens is 340 g/mol. The molecule has 2 aromatic carbocycles. The van der Waals surface area contributed by atoms with E-state index in [9.17, 15) is 4.79 Å². The van der Waals surface area contributed by atoms with E-state index < -0.39 is 0 Å². The number of para-hydroxylation sites is 3. The second kappa shape index (κ2) is 8.31. The normalized spacial score (nSPS) is 10.3. The summed E-state index contributed by atoms with van der Waals surface area (Å²) in [6, 6.07) is 16.9. The Balaban J connectivity index is 1.85. The number of carbonyl (C=O) groups excluding carboxylic acids is 1. The third kappa shape index (κ3) is 4.41. The number of rotatable bonds is 6. The topological polar surface area (TPSA) is 76.1 Å². The van der Waals surface area contributed by atoms with Gasteiger partial charge in [-0.3, -0.25) is 4.79 Å². The number of hydrogen-bond donors (Lipinski definition) is 2. The maximum Gasteiger partial charge on any atom is 0.274 e. The summed E-state index contributed by atoms with van der Waals surface area (Å²) in [5.74, 6) is 0.657. The van der Waals surface area contributed by atoms with Gasteiger partial charge in [0.25, 0.3) is 5.91 Å². The number of ether oxygens (including phenoxy) is 1. The van der Waals surface area contributed by atoms with Crippen LogP contribution in [0.15, 0.2) is 54.6 Å². The first kappa shape index (κ1) is 18.4. The zero-order chi connectivity index (χ0) is 19.2. The first-order chi connectivity index (χ1) is 13.1. The molecule has 3 rings (SSSR count). The van der Waals surface area contributed by atoms with E-state index in [0.29, 0.717) is 23.1 Å². The molecule has 0 fully saturated rings. The molecule has 0 saturated heterocycles. The molecule has 6 heteroatoms. The number of methoxy groups -OCH3 is 1. The quantitative estimate of drug-likeness (QED) is 0.682. The van der Waals surface area contributed by atoms with Crippen LogP contribution in [0, 0.1) is 6.92 Å². The first-order valence-corrected chi connectivity index (χ1v) is 8.75. The second-order valence-corrected chi connectivity index (χ2v) is 6.01. The highest BCUT2D eigenvalue weighted by Crippen LogP contribution is 2.24. The average Bonchev–Trinajstić information content (AvgIpc) is 2.68. The van der Waals surface area contributed by atoms with E-state index in [1.165, 1.54) is 0 Å². The van der Waals surface area contributed by atoms with Gasteiger partial charge >= 0.3 is 0 Å². The maximum atomic E-state index is 12.7. The van der Waals surface area contributed by atoms with Gasteiger partial charge < -0.3 is 15.4 Å². The van der Waals surface area contributed by atoms with Crippen molar-refractivity contribution < 1.29 is 9.53 Å². The summed E-state index contributed by atoms with van der Waals surface area (Å²) in [5.41, 5.74) is 3.66. The van der Waals surface area contributed by atoms with Gasteiger partial charge in [-0.2, -0.15) is 0 Å². The van der Waals surface area contributed by atoms with E-state index in [1.807, 2.05) is 43.3 Å². The van der Waals surface area contributed by atoms with E-state index in [4.69, 9.17) is 4.74 Å². The van der Waals surface area contributed by atoms with Crippen LogP contribution in [0.5, 0.6) is 5.75 Å². The first-order valence-electron chi connectivity index (χ1n) is 8.75. The van der Waals surface area contributed by atoms with Crippen LogP contribution in [0.3, 0.4) is 0 Å². The van der Waals surface area contributed by atoms with Crippen LogP contribution < -0.4 is 15.4 Å². The number of aryl methyl sites for hydroxylation is 2. The molecule has 6 nitrogen and oxygen atoms in total. The number of aromatic nitrogens is 2. The lowest BCUT2D eigenvalue weighted by atomic mass is 10.1. The zero-order valence-electron chi connectivity index (χ0n) is 15.6. The van der Waals surface area contributed by atoms with Gasteiger partial charge in [0.2, 0.25) is 5.95 Å². The van der Waals surface area contributed by atoms with Crippen LogP contribution in [0.1, 0.15) is 28.7 Å². The van der Waals surface area contributed by atoms with Crippen LogP contribution in [-0.2, 0) is 6.42 Å². The van der Waals surface area contributed by atoms with Crippen LogP contribution in [-0.4, -0.2) is 23.0 Å². The van der Waals surface area contributed by atoms with Crippen LogP contribution >= 0.6 is 0 Å². The molecule has 1 heterocycles. The molecule has 0 bridgehead atoms. The Morgan fingerprint density at radius 1 is 1.04 bits per heavy atom. The Kier molecular flexibility index (Phi) is 5.66. The Labute approximate surface area is 158 Å². The van der Waals surface area contributed by atoms with Crippen LogP contribution in [0.25, 0.3) is 0 Å². The summed E-state index contributed by atoms with van der Waals surface area (Å²) in [5, 5.41) is 6.06. The molecule has 0 unspecified atom stereocenters. The number of carbonyl (C=O) groups is 1. The Bertz CT molecular complexity index is 956. The van der Waals surface area contributed by atoms with E-state index in [2.05, 4.69) is 27.5 Å². The summed E-state index contributed by atoms with van der Waals surface area (Å²) < 4.78 is 5.27. The molecule has 0 radical (unpaired) electrons. The highest BCUT2D eigenvalue weighted by atomic mass is 16.5. The van der Waals surface area contributed by atoms with Crippen molar-refractivity contribution in [1.82, 2.24) is 9.97 Å². The number of anilines is 3. The van der Waals surface area contributed by atoms with Crippen LogP contribution in [0.2, 0.25) is 0 Å². The molecule has 1 amide bonds. The van der Waals surface area contributed by atoms with Gasteiger partial charge in [0.15, 0.2) is 0 Å². The maximum absolute atomic E-state index is 12.7. The molecule has 0 aliphatic carbocycles. The molecular formula is C21H22N4O2. The van der Waals surface area contributed by atoms with Crippen molar-refractivity contribution in [3.05, 3.63) is 71.5 Å². The minimum absolute atomic E-state index is 0.282. The third-order valence-corrected chi connectivity index (χ3v) is 4.09. The number of amides is 1. The molecule has 3 aromatic rings. The number of hydrogen-bond acceptors (Lipinski definition) is 5. The van der Waals surface area contributed by atoms with Gasteiger partial charge in [-0.25, -0.2) is 9.97 Å². The lowest BCUT2D eigenvalue weighted by Crippen LogP contribution is -2.16. The molecule has 0 spiro atoms. The molecule has 27 heavy (non-hydrogen) atoms. The summed E-state index contributed by atoms with van der Waals surface area (Å²) in [7, 11) is 1.56. The van der Waals surface area contributed by atoms with Crippen molar-refractivity contribution in [3.63, 3.8) is 0 Å². The standard InChI is InChI=1S/C21H22N4O2/c1-4-15-9-5-6-10-16(15)24-21-22-14(2)13-18(25-21)20(26)23-17-11-7-8-12-19(17)27-3/h5-13H,4H2,1-3H3,(H,23,26)(H,22,24,25). The minimum atomic E-state index is -0.322. The zero-order valence-corrected chi connectivity index (χ0v) is 15.6. The predicted octanol–water partition coefficient (Wildman–Crippen LogP) is 4.35. The van der Waals surface area contributed by atoms with Gasteiger partial charge in [0.05, 0.1) is 12.8 Å². The van der Waals surface area contributed by atoms with Crippen molar-refractivity contribution in [2.24, 2.45) is 0 Å². The molecule has 138 valence electrons. The van der Waals surface area contributed by atoms with E-state index >= 15 is 0 Å². The highest BCUT2D eigenvalue weighted by Gasteiger charge is 2.13. The molecule has 0 saturated carbocycles. The SMILES string of the molecule is CCc1ccccc1Nc1nc(C)cc(C(=O)Nc2ccccc2OC)n1. The number of nitrogens with zero attached hydrogens (tertiary/aromatic N) is 2. The second-order valence-electron chi connectivity index (χ2n) is 6.01. The summed E-state index contributed by atoms with van der Waals surface area (Å²) in [6.07, 6.45) is 0.885. The highest BCUT2D eigenvalue weighted by molar-refractivity contribution is 6.03. The molecule has 2 N–H and O–H groups in total. The fourth-order valence-electron chi connectivity index (χ4n) is 2.75. The summed E-state index contributed by atoms with van der Waals surface area (Å²) >= 11 is 0. The van der Waals surface area contributed by atoms with Crippen molar-refractivity contribution in [2.75, 3.05) is 17.7 Å². The molecule has 1 aromatic heterocycles. The Hall–Kier alpha value is -3.41. The van der Waals surface area contributed by atoms with Crippen LogP contribution in [0.4, 0.5) is 17.3 Å². The smallest absolute Gasteiger partial charge is 0.274 e. The molecule has 0 aliphatic heterocycles. The Morgan fingerprint density at radius 2 is 1.74 bits per heavy atom. The number of benzene rings is 2. The largest absolute Gasteiger partial charge is 0.495 e. The van der Waals surface area contributed by atoms with E-state index in [1.54, 1.807) is 25.3 Å². The van der Waals surface area contributed by atoms with Gasteiger partial charge in [0, 0.05) is 11.4 Å². The van der Waals surface area contributed by atoms with Crippen molar-refractivity contribution in [2.45, 2.75) is 20.3 Å². The predicted molar refractivity (Wildman–Crippen MR) is 107 cm³/mol. The van der Waals surface area contributed by atoms with E-state index in [0.717, 1.165) is 17.7 Å². The minimum Gasteiger partial charge on any atom is -0.495 e. The fraction of sp³-hybridized carbons (Fsp3) is 0.190.